The fraction of sp³-hybridized carbons (Fsp3) is 0.733. The molecule has 0 aliphatic carbocycles. The van der Waals surface area contributed by atoms with Crippen molar-refractivity contribution in [2.45, 2.75) is 64.1 Å². The maximum absolute atomic E-state index is 11.4. The van der Waals surface area contributed by atoms with Gasteiger partial charge in [0.1, 0.15) is 11.3 Å². The van der Waals surface area contributed by atoms with E-state index in [1.54, 1.807) is 18.7 Å². The molecule has 120 valence electrons. The summed E-state index contributed by atoms with van der Waals surface area (Å²) >= 11 is 1.59. The Labute approximate surface area is 130 Å². The van der Waals surface area contributed by atoms with Crippen molar-refractivity contribution in [1.82, 2.24) is 10.3 Å². The lowest BCUT2D eigenvalue weighted by molar-refractivity contribution is -0.144. The molecule has 1 rings (SSSR count). The highest BCUT2D eigenvalue weighted by Gasteiger charge is 2.31. The highest BCUT2D eigenvalue weighted by atomic mass is 32.2. The Hall–Kier alpha value is -1.01. The first-order valence-electron chi connectivity index (χ1n) is 7.44. The van der Waals surface area contributed by atoms with Crippen LogP contribution < -0.4 is 5.32 Å². The predicted octanol–water partition coefficient (Wildman–Crippen LogP) is 3.40. The number of aromatic nitrogens is 1. The van der Waals surface area contributed by atoms with Crippen LogP contribution in [0.4, 0.5) is 0 Å². The molecule has 1 aromatic heterocycles. The fourth-order valence-corrected chi connectivity index (χ4v) is 2.83. The lowest BCUT2D eigenvalue weighted by Crippen LogP contribution is -2.49. The third kappa shape index (κ3) is 5.71. The van der Waals surface area contributed by atoms with Gasteiger partial charge >= 0.3 is 5.97 Å². The average Bonchev–Trinajstić information content (AvgIpc) is 2.75. The zero-order valence-corrected chi connectivity index (χ0v) is 14.2. The molecule has 21 heavy (non-hydrogen) atoms. The molecule has 0 amide bonds. The SMILES string of the molecule is CCCNC(C)(CCCCSc1nc(C)c(C)o1)C(=O)O. The maximum atomic E-state index is 11.4. The second-order valence-electron chi connectivity index (χ2n) is 5.49. The summed E-state index contributed by atoms with van der Waals surface area (Å²) in [6, 6.07) is 0. The summed E-state index contributed by atoms with van der Waals surface area (Å²) in [5.41, 5.74) is 0.108. The second kappa shape index (κ2) is 8.44. The predicted molar refractivity (Wildman–Crippen MR) is 84.9 cm³/mol. The van der Waals surface area contributed by atoms with Crippen LogP contribution in [0.15, 0.2) is 9.64 Å². The Kier molecular flexibility index (Phi) is 7.25. The Morgan fingerprint density at radius 3 is 2.67 bits per heavy atom. The Bertz CT molecular complexity index is 442. The van der Waals surface area contributed by atoms with Gasteiger partial charge in [-0.3, -0.25) is 4.79 Å². The molecule has 5 nitrogen and oxygen atoms in total. The van der Waals surface area contributed by atoms with Crippen LogP contribution in [0, 0.1) is 13.8 Å². The van der Waals surface area contributed by atoms with Gasteiger partial charge in [-0.25, -0.2) is 4.98 Å². The van der Waals surface area contributed by atoms with E-state index in [9.17, 15) is 9.90 Å². The second-order valence-corrected chi connectivity index (χ2v) is 6.54. The molecule has 0 aromatic carbocycles. The number of carbonyl (C=O) groups is 1. The molecular formula is C15H26N2O3S. The summed E-state index contributed by atoms with van der Waals surface area (Å²) in [5.74, 6) is 0.977. The van der Waals surface area contributed by atoms with E-state index in [2.05, 4.69) is 10.3 Å². The van der Waals surface area contributed by atoms with Crippen LogP contribution in [0.1, 0.15) is 51.0 Å². The summed E-state index contributed by atoms with van der Waals surface area (Å²) in [6.45, 7) is 8.36. The van der Waals surface area contributed by atoms with Gasteiger partial charge in [0.15, 0.2) is 0 Å². The number of carboxylic acid groups (broad SMARTS) is 1. The molecule has 1 heterocycles. The van der Waals surface area contributed by atoms with E-state index in [0.29, 0.717) is 11.6 Å². The third-order valence-corrected chi connectivity index (χ3v) is 4.46. The highest BCUT2D eigenvalue weighted by Crippen LogP contribution is 2.22. The van der Waals surface area contributed by atoms with Gasteiger partial charge in [0.25, 0.3) is 5.22 Å². The minimum atomic E-state index is -0.823. The zero-order valence-electron chi connectivity index (χ0n) is 13.4. The van der Waals surface area contributed by atoms with Crippen molar-refractivity contribution < 1.29 is 14.3 Å². The molecule has 1 atom stereocenters. The van der Waals surface area contributed by atoms with E-state index in [-0.39, 0.29) is 0 Å². The van der Waals surface area contributed by atoms with E-state index < -0.39 is 11.5 Å². The van der Waals surface area contributed by atoms with Crippen molar-refractivity contribution in [2.24, 2.45) is 0 Å². The standard InChI is InChI=1S/C15H26N2O3S/c1-5-9-16-15(4,13(18)19)8-6-7-10-21-14-17-11(2)12(3)20-14/h16H,5-10H2,1-4H3,(H,18,19). The molecule has 0 bridgehead atoms. The first kappa shape index (κ1) is 18.0. The van der Waals surface area contributed by atoms with Gasteiger partial charge in [0.05, 0.1) is 5.69 Å². The van der Waals surface area contributed by atoms with E-state index in [1.165, 1.54) is 0 Å². The van der Waals surface area contributed by atoms with Gasteiger partial charge in [-0.2, -0.15) is 0 Å². The molecule has 0 fully saturated rings. The van der Waals surface area contributed by atoms with Gasteiger partial charge in [0, 0.05) is 5.75 Å². The normalized spacial score (nSPS) is 14.1. The van der Waals surface area contributed by atoms with E-state index in [0.717, 1.165) is 43.0 Å². The van der Waals surface area contributed by atoms with E-state index in [4.69, 9.17) is 4.42 Å². The Morgan fingerprint density at radius 1 is 1.43 bits per heavy atom. The summed E-state index contributed by atoms with van der Waals surface area (Å²) in [5, 5.41) is 13.2. The molecule has 6 heteroatoms. The molecule has 1 aromatic rings. The molecule has 0 saturated heterocycles. The summed E-state index contributed by atoms with van der Waals surface area (Å²) in [7, 11) is 0. The minimum Gasteiger partial charge on any atom is -0.480 e. The molecule has 0 spiro atoms. The van der Waals surface area contributed by atoms with Gasteiger partial charge in [0.2, 0.25) is 0 Å². The van der Waals surface area contributed by atoms with Crippen molar-refractivity contribution in [3.05, 3.63) is 11.5 Å². The van der Waals surface area contributed by atoms with Crippen LogP contribution in [0.5, 0.6) is 0 Å². The lowest BCUT2D eigenvalue weighted by Gasteiger charge is -2.26. The number of aryl methyl sites for hydroxylation is 2. The van der Waals surface area contributed by atoms with Gasteiger partial charge in [-0.05, 0) is 46.6 Å². The highest BCUT2D eigenvalue weighted by molar-refractivity contribution is 7.99. The molecule has 0 radical (unpaired) electrons. The first-order chi connectivity index (χ1) is 9.89. The van der Waals surface area contributed by atoms with Crippen molar-refractivity contribution in [1.29, 1.82) is 0 Å². The van der Waals surface area contributed by atoms with Crippen LogP contribution in [-0.2, 0) is 4.79 Å². The fourth-order valence-electron chi connectivity index (χ4n) is 1.92. The number of unbranched alkanes of at least 4 members (excludes halogenated alkanes) is 1. The zero-order chi connectivity index (χ0) is 15.9. The third-order valence-electron chi connectivity index (χ3n) is 3.54. The number of carboxylic acids is 1. The largest absolute Gasteiger partial charge is 0.480 e. The van der Waals surface area contributed by atoms with Gasteiger partial charge in [-0.15, -0.1) is 0 Å². The van der Waals surface area contributed by atoms with Crippen LogP contribution in [-0.4, -0.2) is 33.9 Å². The number of oxazole rings is 1. The quantitative estimate of drug-likeness (QED) is 0.509. The molecule has 2 N–H and O–H groups in total. The monoisotopic (exact) mass is 314 g/mol. The molecule has 0 aliphatic rings. The number of hydrogen-bond acceptors (Lipinski definition) is 5. The number of aliphatic carboxylic acids is 1. The van der Waals surface area contributed by atoms with Crippen LogP contribution in [0.2, 0.25) is 0 Å². The number of nitrogens with one attached hydrogen (secondary N) is 1. The Balaban J connectivity index is 2.29. The number of rotatable bonds is 10. The Morgan fingerprint density at radius 2 is 2.14 bits per heavy atom. The smallest absolute Gasteiger partial charge is 0.323 e. The number of thioether (sulfide) groups is 1. The lowest BCUT2D eigenvalue weighted by atomic mass is 9.95. The minimum absolute atomic E-state index is 0.631. The average molecular weight is 314 g/mol. The topological polar surface area (TPSA) is 75.4 Å². The summed E-state index contributed by atoms with van der Waals surface area (Å²) in [6.07, 6.45) is 3.38. The number of hydrogen-bond donors (Lipinski definition) is 2. The maximum Gasteiger partial charge on any atom is 0.323 e. The van der Waals surface area contributed by atoms with Crippen LogP contribution in [0.3, 0.4) is 0 Å². The molecular weight excluding hydrogens is 288 g/mol. The van der Waals surface area contributed by atoms with Crippen molar-refractivity contribution in [2.75, 3.05) is 12.3 Å². The van der Waals surface area contributed by atoms with Crippen LogP contribution in [0.25, 0.3) is 0 Å². The van der Waals surface area contributed by atoms with Crippen molar-refractivity contribution >= 4 is 17.7 Å². The summed E-state index contributed by atoms with van der Waals surface area (Å²) < 4.78 is 5.50. The van der Waals surface area contributed by atoms with Crippen LogP contribution >= 0.6 is 11.8 Å². The van der Waals surface area contributed by atoms with Crippen molar-refractivity contribution in [3.8, 4) is 0 Å². The number of nitrogens with zero attached hydrogens (tertiary/aromatic N) is 1. The van der Waals surface area contributed by atoms with Gasteiger partial charge in [-0.1, -0.05) is 25.1 Å². The molecule has 0 saturated carbocycles. The van der Waals surface area contributed by atoms with Gasteiger partial charge < -0.3 is 14.8 Å². The summed E-state index contributed by atoms with van der Waals surface area (Å²) in [4.78, 5) is 15.7. The van der Waals surface area contributed by atoms with Crippen molar-refractivity contribution in [3.63, 3.8) is 0 Å². The van der Waals surface area contributed by atoms with E-state index in [1.807, 2.05) is 20.8 Å². The molecule has 0 aliphatic heterocycles. The molecule has 1 unspecified atom stereocenters. The first-order valence-corrected chi connectivity index (χ1v) is 8.43. The van der Waals surface area contributed by atoms with E-state index >= 15 is 0 Å².